The van der Waals surface area contributed by atoms with Gasteiger partial charge in [-0.1, -0.05) is 18.2 Å². The van der Waals surface area contributed by atoms with Gasteiger partial charge in [0.2, 0.25) is 0 Å². The standard InChI is InChI=1S/C12H17N3/c1-10(8-9-13)14-11(2)15-12-6-4-3-5-7-12/h3-9,11,15H,13H2,1-2H3/b9-8-,14-10-. The second-order valence-electron chi connectivity index (χ2n) is 3.32. The number of nitrogens with two attached hydrogens (primary N) is 1. The molecule has 0 saturated carbocycles. The molecular formula is C12H17N3. The number of nitrogens with one attached hydrogen (secondary N) is 1. The molecule has 0 aliphatic carbocycles. The summed E-state index contributed by atoms with van der Waals surface area (Å²) in [6.45, 7) is 3.92. The number of benzene rings is 1. The molecule has 0 heterocycles. The van der Waals surface area contributed by atoms with Crippen molar-refractivity contribution >= 4 is 11.4 Å². The summed E-state index contributed by atoms with van der Waals surface area (Å²) in [5.74, 6) is 0. The smallest absolute Gasteiger partial charge is 0.116 e. The molecule has 80 valence electrons. The molecule has 1 aromatic carbocycles. The summed E-state index contributed by atoms with van der Waals surface area (Å²) in [4.78, 5) is 4.40. The van der Waals surface area contributed by atoms with Crippen LogP contribution in [0.4, 0.5) is 5.69 Å². The fourth-order valence-electron chi connectivity index (χ4n) is 1.30. The number of anilines is 1. The van der Waals surface area contributed by atoms with Crippen LogP contribution in [0.15, 0.2) is 47.6 Å². The van der Waals surface area contributed by atoms with Crippen molar-refractivity contribution in [2.24, 2.45) is 10.7 Å². The van der Waals surface area contributed by atoms with Crippen molar-refractivity contribution in [2.75, 3.05) is 5.32 Å². The molecule has 0 amide bonds. The van der Waals surface area contributed by atoms with Crippen LogP contribution < -0.4 is 11.1 Å². The lowest BCUT2D eigenvalue weighted by Crippen LogP contribution is -2.13. The van der Waals surface area contributed by atoms with Gasteiger partial charge in [0.1, 0.15) is 6.17 Å². The topological polar surface area (TPSA) is 50.4 Å². The number of hydrogen-bond donors (Lipinski definition) is 2. The second-order valence-corrected chi connectivity index (χ2v) is 3.32. The molecule has 1 atom stereocenters. The first kappa shape index (κ1) is 11.3. The van der Waals surface area contributed by atoms with E-state index in [0.29, 0.717) is 0 Å². The number of allylic oxidation sites excluding steroid dienone is 1. The van der Waals surface area contributed by atoms with Gasteiger partial charge in [-0.3, -0.25) is 4.99 Å². The Hall–Kier alpha value is -1.77. The van der Waals surface area contributed by atoms with E-state index in [1.54, 1.807) is 6.08 Å². The molecule has 0 spiro atoms. The van der Waals surface area contributed by atoms with Crippen LogP contribution in [0.3, 0.4) is 0 Å². The molecule has 0 aliphatic heterocycles. The lowest BCUT2D eigenvalue weighted by Gasteiger charge is -2.11. The number of nitrogens with zero attached hydrogens (tertiary/aromatic N) is 1. The van der Waals surface area contributed by atoms with Gasteiger partial charge in [-0.15, -0.1) is 0 Å². The maximum atomic E-state index is 5.28. The van der Waals surface area contributed by atoms with Crippen LogP contribution in [0.1, 0.15) is 13.8 Å². The van der Waals surface area contributed by atoms with Crippen molar-refractivity contribution in [2.45, 2.75) is 20.0 Å². The van der Waals surface area contributed by atoms with Gasteiger partial charge < -0.3 is 11.1 Å². The number of rotatable bonds is 4. The Morgan fingerprint density at radius 2 is 2.07 bits per heavy atom. The molecule has 0 fully saturated rings. The third-order valence-corrected chi connectivity index (χ3v) is 1.88. The molecule has 3 heteroatoms. The number of aliphatic imine (C=N–C) groups is 1. The molecule has 15 heavy (non-hydrogen) atoms. The summed E-state index contributed by atoms with van der Waals surface area (Å²) in [5.41, 5.74) is 7.25. The van der Waals surface area contributed by atoms with E-state index in [9.17, 15) is 0 Å². The molecule has 3 N–H and O–H groups in total. The Kier molecular flexibility index (Phi) is 4.41. The Bertz CT molecular complexity index is 341. The van der Waals surface area contributed by atoms with Gasteiger partial charge in [-0.25, -0.2) is 0 Å². The minimum atomic E-state index is 0.0450. The molecule has 0 bridgehead atoms. The number of para-hydroxylation sites is 1. The average Bonchev–Trinajstić information content (AvgIpc) is 2.19. The largest absolute Gasteiger partial charge is 0.405 e. The first-order valence-corrected chi connectivity index (χ1v) is 4.96. The minimum absolute atomic E-state index is 0.0450. The zero-order valence-electron chi connectivity index (χ0n) is 9.14. The van der Waals surface area contributed by atoms with Crippen molar-refractivity contribution in [3.8, 4) is 0 Å². The summed E-state index contributed by atoms with van der Waals surface area (Å²) in [6.07, 6.45) is 3.32. The molecular weight excluding hydrogens is 186 g/mol. The zero-order chi connectivity index (χ0) is 11.1. The fourth-order valence-corrected chi connectivity index (χ4v) is 1.30. The summed E-state index contributed by atoms with van der Waals surface area (Å²) in [5, 5.41) is 3.27. The fraction of sp³-hybridized carbons (Fsp3) is 0.250. The molecule has 1 unspecified atom stereocenters. The maximum absolute atomic E-state index is 5.28. The van der Waals surface area contributed by atoms with E-state index < -0.39 is 0 Å². The third kappa shape index (κ3) is 4.31. The van der Waals surface area contributed by atoms with Crippen LogP contribution in [-0.2, 0) is 0 Å². The van der Waals surface area contributed by atoms with Crippen LogP contribution in [0.5, 0.6) is 0 Å². The quantitative estimate of drug-likeness (QED) is 0.738. The highest BCUT2D eigenvalue weighted by Gasteiger charge is 1.97. The van der Waals surface area contributed by atoms with Gasteiger partial charge in [0.15, 0.2) is 0 Å². The summed E-state index contributed by atoms with van der Waals surface area (Å²) < 4.78 is 0. The van der Waals surface area contributed by atoms with Gasteiger partial charge in [0, 0.05) is 11.4 Å². The predicted molar refractivity (Wildman–Crippen MR) is 66.0 cm³/mol. The van der Waals surface area contributed by atoms with E-state index in [4.69, 9.17) is 5.73 Å². The molecule has 3 nitrogen and oxygen atoms in total. The average molecular weight is 203 g/mol. The Labute approximate surface area is 90.7 Å². The van der Waals surface area contributed by atoms with Crippen molar-refractivity contribution in [3.63, 3.8) is 0 Å². The van der Waals surface area contributed by atoms with Crippen LogP contribution in [0, 0.1) is 0 Å². The SMILES string of the molecule is CC(/C=C\N)=N/C(C)Nc1ccccc1. The van der Waals surface area contributed by atoms with Gasteiger partial charge in [0.05, 0.1) is 0 Å². The van der Waals surface area contributed by atoms with Crippen molar-refractivity contribution in [3.05, 3.63) is 42.6 Å². The Morgan fingerprint density at radius 3 is 2.67 bits per heavy atom. The Morgan fingerprint density at radius 1 is 1.40 bits per heavy atom. The van der Waals surface area contributed by atoms with Gasteiger partial charge >= 0.3 is 0 Å². The van der Waals surface area contributed by atoms with Crippen LogP contribution in [0.25, 0.3) is 0 Å². The molecule has 0 aliphatic rings. The van der Waals surface area contributed by atoms with Crippen molar-refractivity contribution in [1.82, 2.24) is 0 Å². The minimum Gasteiger partial charge on any atom is -0.405 e. The summed E-state index contributed by atoms with van der Waals surface area (Å²) in [6, 6.07) is 10.00. The first-order valence-electron chi connectivity index (χ1n) is 4.96. The number of hydrogen-bond acceptors (Lipinski definition) is 3. The highest BCUT2D eigenvalue weighted by molar-refractivity contribution is 5.92. The van der Waals surface area contributed by atoms with E-state index in [0.717, 1.165) is 11.4 Å². The zero-order valence-corrected chi connectivity index (χ0v) is 9.14. The van der Waals surface area contributed by atoms with Crippen LogP contribution in [-0.4, -0.2) is 11.9 Å². The second kappa shape index (κ2) is 5.86. The monoisotopic (exact) mass is 203 g/mol. The first-order chi connectivity index (χ1) is 7.22. The van der Waals surface area contributed by atoms with E-state index >= 15 is 0 Å². The summed E-state index contributed by atoms with van der Waals surface area (Å²) in [7, 11) is 0. The van der Waals surface area contributed by atoms with E-state index in [2.05, 4.69) is 10.3 Å². The lowest BCUT2D eigenvalue weighted by atomic mass is 10.3. The molecule has 0 radical (unpaired) electrons. The van der Waals surface area contributed by atoms with E-state index in [1.807, 2.05) is 44.2 Å². The van der Waals surface area contributed by atoms with Crippen molar-refractivity contribution < 1.29 is 0 Å². The predicted octanol–water partition coefficient (Wildman–Crippen LogP) is 2.38. The van der Waals surface area contributed by atoms with Crippen LogP contribution in [0.2, 0.25) is 0 Å². The third-order valence-electron chi connectivity index (χ3n) is 1.88. The molecule has 1 aromatic rings. The lowest BCUT2D eigenvalue weighted by molar-refractivity contribution is 0.853. The van der Waals surface area contributed by atoms with Crippen LogP contribution >= 0.6 is 0 Å². The highest BCUT2D eigenvalue weighted by Crippen LogP contribution is 2.07. The van der Waals surface area contributed by atoms with Gasteiger partial charge in [-0.05, 0) is 38.3 Å². The molecule has 1 rings (SSSR count). The molecule has 0 saturated heterocycles. The maximum Gasteiger partial charge on any atom is 0.116 e. The van der Waals surface area contributed by atoms with Crippen molar-refractivity contribution in [1.29, 1.82) is 0 Å². The van der Waals surface area contributed by atoms with Gasteiger partial charge in [0.25, 0.3) is 0 Å². The molecule has 0 aromatic heterocycles. The van der Waals surface area contributed by atoms with E-state index in [-0.39, 0.29) is 6.17 Å². The normalized spacial score (nSPS) is 14.1. The Balaban J connectivity index is 2.57. The highest BCUT2D eigenvalue weighted by atomic mass is 15.1. The van der Waals surface area contributed by atoms with Gasteiger partial charge in [-0.2, -0.15) is 0 Å². The summed E-state index contributed by atoms with van der Waals surface area (Å²) >= 11 is 0. The van der Waals surface area contributed by atoms with E-state index in [1.165, 1.54) is 6.20 Å².